The van der Waals surface area contributed by atoms with Crippen molar-refractivity contribution in [3.05, 3.63) is 89.5 Å². The number of hydrogen-bond acceptors (Lipinski definition) is 2. The molecular weight excluding hydrogens is 382 g/mol. The number of carbonyl (C=O) groups excluding carboxylic acids is 1. The molecule has 0 spiro atoms. The topological polar surface area (TPSA) is 26.3 Å². The quantitative estimate of drug-likeness (QED) is 0.342. The van der Waals surface area contributed by atoms with Gasteiger partial charge in [-0.1, -0.05) is 49.4 Å². The number of benzene rings is 4. The number of ether oxygens (including phenoxy) is 1. The Bertz CT molecular complexity index is 1220. The average Bonchev–Trinajstić information content (AvgIpc) is 2.77. The minimum atomic E-state index is -0.687. The number of aldehydes is 1. The van der Waals surface area contributed by atoms with Gasteiger partial charge < -0.3 is 4.74 Å². The second-order valence-electron chi connectivity index (χ2n) is 7.10. The van der Waals surface area contributed by atoms with Crippen molar-refractivity contribution in [3.8, 4) is 28.0 Å². The van der Waals surface area contributed by atoms with E-state index in [1.807, 2.05) is 24.3 Å². The predicted molar refractivity (Wildman–Crippen MR) is 116 cm³/mol. The lowest BCUT2D eigenvalue weighted by Gasteiger charge is -2.13. The summed E-state index contributed by atoms with van der Waals surface area (Å²) in [5, 5.41) is 1.69. The standard InChI is InChI=1S/C26H20F2O2/c1-3-16-4-10-21-18(12-16)7-11-22(23(21)15-29)19-13-24(27)26(25(28)14-19)17-5-8-20(30-2)9-6-17/h4-15H,3H2,1-2H3. The van der Waals surface area contributed by atoms with Crippen LogP contribution in [0.15, 0.2) is 66.7 Å². The van der Waals surface area contributed by atoms with Gasteiger partial charge in [-0.05, 0) is 63.7 Å². The minimum Gasteiger partial charge on any atom is -0.497 e. The van der Waals surface area contributed by atoms with E-state index in [2.05, 4.69) is 6.92 Å². The Morgan fingerprint density at radius 1 is 0.867 bits per heavy atom. The number of methoxy groups -OCH3 is 1. The average molecular weight is 402 g/mol. The Morgan fingerprint density at radius 2 is 1.57 bits per heavy atom. The van der Waals surface area contributed by atoms with Crippen molar-refractivity contribution in [1.29, 1.82) is 0 Å². The molecule has 0 radical (unpaired) electrons. The smallest absolute Gasteiger partial charge is 0.151 e. The molecule has 4 aromatic carbocycles. The fraction of sp³-hybridized carbons (Fsp3) is 0.115. The lowest BCUT2D eigenvalue weighted by Crippen LogP contribution is -1.96. The highest BCUT2D eigenvalue weighted by Crippen LogP contribution is 2.35. The van der Waals surface area contributed by atoms with Crippen LogP contribution in [0.3, 0.4) is 0 Å². The number of fused-ring (bicyclic) bond motifs is 1. The van der Waals surface area contributed by atoms with E-state index < -0.39 is 11.6 Å². The SMILES string of the molecule is CCc1ccc2c(C=O)c(-c3cc(F)c(-c4ccc(OC)cc4)c(F)c3)ccc2c1. The fourth-order valence-electron chi connectivity index (χ4n) is 3.76. The molecule has 0 aromatic heterocycles. The molecule has 0 atom stereocenters. The summed E-state index contributed by atoms with van der Waals surface area (Å²) in [5.74, 6) is -0.768. The van der Waals surface area contributed by atoms with Crippen LogP contribution in [-0.2, 0) is 6.42 Å². The van der Waals surface area contributed by atoms with Crippen LogP contribution in [0.25, 0.3) is 33.0 Å². The highest BCUT2D eigenvalue weighted by atomic mass is 19.1. The molecule has 0 N–H and O–H groups in total. The number of halogens is 2. The van der Waals surface area contributed by atoms with Gasteiger partial charge in [-0.25, -0.2) is 8.78 Å². The molecule has 0 saturated carbocycles. The Morgan fingerprint density at radius 3 is 2.17 bits per heavy atom. The number of rotatable bonds is 5. The third-order valence-corrected chi connectivity index (χ3v) is 5.38. The molecule has 0 heterocycles. The zero-order chi connectivity index (χ0) is 21.3. The third-order valence-electron chi connectivity index (χ3n) is 5.38. The van der Waals surface area contributed by atoms with E-state index in [1.165, 1.54) is 19.2 Å². The summed E-state index contributed by atoms with van der Waals surface area (Å²) in [4.78, 5) is 11.9. The molecule has 0 fully saturated rings. The number of aryl methyl sites for hydroxylation is 1. The Balaban J connectivity index is 1.84. The van der Waals surface area contributed by atoms with Crippen molar-refractivity contribution in [2.24, 2.45) is 0 Å². The summed E-state index contributed by atoms with van der Waals surface area (Å²) < 4.78 is 35.0. The van der Waals surface area contributed by atoms with Gasteiger partial charge in [-0.2, -0.15) is 0 Å². The van der Waals surface area contributed by atoms with Crippen LogP contribution in [0.2, 0.25) is 0 Å². The van der Waals surface area contributed by atoms with Crippen LogP contribution < -0.4 is 4.74 Å². The molecule has 30 heavy (non-hydrogen) atoms. The van der Waals surface area contributed by atoms with Crippen LogP contribution in [0.4, 0.5) is 8.78 Å². The number of carbonyl (C=O) groups is 1. The lowest BCUT2D eigenvalue weighted by atomic mass is 9.92. The summed E-state index contributed by atoms with van der Waals surface area (Å²) in [6.45, 7) is 2.06. The second-order valence-corrected chi connectivity index (χ2v) is 7.10. The molecule has 4 aromatic rings. The zero-order valence-electron chi connectivity index (χ0n) is 16.7. The Hall–Kier alpha value is -3.53. The normalized spacial score (nSPS) is 10.9. The van der Waals surface area contributed by atoms with Crippen molar-refractivity contribution in [2.45, 2.75) is 13.3 Å². The first-order valence-electron chi connectivity index (χ1n) is 9.70. The predicted octanol–water partition coefficient (Wildman–Crippen LogP) is 6.84. The molecule has 0 amide bonds. The van der Waals surface area contributed by atoms with Gasteiger partial charge in [0.25, 0.3) is 0 Å². The summed E-state index contributed by atoms with van der Waals surface area (Å²) in [6, 6.07) is 18.6. The maximum atomic E-state index is 15.0. The fourth-order valence-corrected chi connectivity index (χ4v) is 3.76. The summed E-state index contributed by atoms with van der Waals surface area (Å²) in [7, 11) is 1.53. The van der Waals surface area contributed by atoms with Gasteiger partial charge in [0.05, 0.1) is 12.7 Å². The van der Waals surface area contributed by atoms with E-state index in [0.29, 0.717) is 28.0 Å². The first-order chi connectivity index (χ1) is 14.5. The molecule has 0 aliphatic carbocycles. The van der Waals surface area contributed by atoms with Gasteiger partial charge in [0.2, 0.25) is 0 Å². The molecule has 4 rings (SSSR count). The van der Waals surface area contributed by atoms with E-state index in [0.717, 1.165) is 29.0 Å². The van der Waals surface area contributed by atoms with E-state index in [1.54, 1.807) is 30.3 Å². The lowest BCUT2D eigenvalue weighted by molar-refractivity contribution is 0.112. The van der Waals surface area contributed by atoms with Gasteiger partial charge in [-0.15, -0.1) is 0 Å². The molecule has 4 heteroatoms. The second kappa shape index (κ2) is 8.07. The van der Waals surface area contributed by atoms with Crippen molar-refractivity contribution in [3.63, 3.8) is 0 Å². The maximum absolute atomic E-state index is 15.0. The van der Waals surface area contributed by atoms with Crippen molar-refractivity contribution in [2.75, 3.05) is 7.11 Å². The Kier molecular flexibility index (Phi) is 5.32. The summed E-state index contributed by atoms with van der Waals surface area (Å²) in [5.41, 5.74) is 2.71. The van der Waals surface area contributed by atoms with E-state index in [-0.39, 0.29) is 5.56 Å². The third kappa shape index (κ3) is 3.45. The largest absolute Gasteiger partial charge is 0.497 e. The van der Waals surface area contributed by atoms with Crippen molar-refractivity contribution < 1.29 is 18.3 Å². The number of hydrogen-bond donors (Lipinski definition) is 0. The van der Waals surface area contributed by atoms with Crippen LogP contribution in [0.1, 0.15) is 22.8 Å². The van der Waals surface area contributed by atoms with Crippen LogP contribution in [-0.4, -0.2) is 13.4 Å². The Labute approximate surface area is 173 Å². The molecular formula is C26H20F2O2. The minimum absolute atomic E-state index is 0.109. The molecule has 150 valence electrons. The maximum Gasteiger partial charge on any atom is 0.151 e. The molecule has 0 aliphatic rings. The van der Waals surface area contributed by atoms with Gasteiger partial charge in [-0.3, -0.25) is 4.79 Å². The molecule has 0 bridgehead atoms. The van der Waals surface area contributed by atoms with Crippen LogP contribution in [0.5, 0.6) is 5.75 Å². The monoisotopic (exact) mass is 402 g/mol. The van der Waals surface area contributed by atoms with Crippen molar-refractivity contribution in [1.82, 2.24) is 0 Å². The van der Waals surface area contributed by atoms with Gasteiger partial charge >= 0.3 is 0 Å². The van der Waals surface area contributed by atoms with Gasteiger partial charge in [0, 0.05) is 5.56 Å². The molecule has 0 saturated heterocycles. The van der Waals surface area contributed by atoms with Gasteiger partial charge in [0.15, 0.2) is 6.29 Å². The van der Waals surface area contributed by atoms with E-state index in [4.69, 9.17) is 4.74 Å². The highest BCUT2D eigenvalue weighted by Gasteiger charge is 2.17. The molecule has 0 unspecified atom stereocenters. The highest BCUT2D eigenvalue weighted by molar-refractivity contribution is 6.04. The zero-order valence-corrected chi connectivity index (χ0v) is 16.7. The van der Waals surface area contributed by atoms with E-state index >= 15 is 0 Å². The van der Waals surface area contributed by atoms with Crippen LogP contribution in [0, 0.1) is 11.6 Å². The molecule has 2 nitrogen and oxygen atoms in total. The van der Waals surface area contributed by atoms with E-state index in [9.17, 15) is 13.6 Å². The van der Waals surface area contributed by atoms with Gasteiger partial charge in [0.1, 0.15) is 17.4 Å². The summed E-state index contributed by atoms with van der Waals surface area (Å²) in [6.07, 6.45) is 1.63. The van der Waals surface area contributed by atoms with Crippen LogP contribution >= 0.6 is 0 Å². The first-order valence-corrected chi connectivity index (χ1v) is 9.70. The molecule has 0 aliphatic heterocycles. The van der Waals surface area contributed by atoms with Crippen molar-refractivity contribution >= 4 is 17.1 Å². The first kappa shape index (κ1) is 19.8. The summed E-state index contributed by atoms with van der Waals surface area (Å²) >= 11 is 0.